The maximum atomic E-state index is 13.7. The number of hydrogen-bond acceptors (Lipinski definition) is 2. The minimum atomic E-state index is -0.824. The Bertz CT molecular complexity index is 464. The zero-order valence-corrected chi connectivity index (χ0v) is 10.6. The van der Waals surface area contributed by atoms with Crippen LogP contribution in [-0.4, -0.2) is 11.8 Å². The maximum Gasteiger partial charge on any atom is 0.171 e. The highest BCUT2D eigenvalue weighted by Gasteiger charge is 2.32. The number of nitrogens with two attached hydrogens (primary N) is 1. The molecule has 0 radical (unpaired) electrons. The van der Waals surface area contributed by atoms with E-state index in [-0.39, 0.29) is 16.4 Å². The van der Waals surface area contributed by atoms with Crippen LogP contribution in [0.3, 0.4) is 0 Å². The lowest BCUT2D eigenvalue weighted by atomic mass is 9.95. The van der Waals surface area contributed by atoms with Gasteiger partial charge in [0.2, 0.25) is 0 Å². The molecule has 0 aliphatic heterocycles. The van der Waals surface area contributed by atoms with Crippen molar-refractivity contribution < 1.29 is 13.6 Å². The Morgan fingerprint density at radius 2 is 2.06 bits per heavy atom. The summed E-state index contributed by atoms with van der Waals surface area (Å²) in [5, 5.41) is 0. The van der Waals surface area contributed by atoms with E-state index < -0.39 is 23.0 Å². The quantitative estimate of drug-likeness (QED) is 0.674. The van der Waals surface area contributed by atoms with E-state index in [1.165, 1.54) is 6.07 Å². The molecular weight excluding hydrogens is 292 g/mol. The van der Waals surface area contributed by atoms with Gasteiger partial charge in [0.05, 0.1) is 10.0 Å². The monoisotopic (exact) mass is 303 g/mol. The van der Waals surface area contributed by atoms with Crippen molar-refractivity contribution in [3.8, 4) is 0 Å². The van der Waals surface area contributed by atoms with Crippen LogP contribution in [0.25, 0.3) is 0 Å². The number of hydrogen-bond donors (Lipinski definition) is 1. The van der Waals surface area contributed by atoms with E-state index >= 15 is 0 Å². The van der Waals surface area contributed by atoms with Crippen LogP contribution < -0.4 is 5.73 Å². The zero-order valence-electron chi connectivity index (χ0n) is 9.05. The van der Waals surface area contributed by atoms with Crippen LogP contribution in [0.2, 0.25) is 0 Å². The number of carbonyl (C=O) groups excluding carboxylic acids is 1. The molecule has 2 atom stereocenters. The molecule has 1 aliphatic rings. The molecule has 2 N–H and O–H groups in total. The number of carbonyl (C=O) groups is 1. The summed E-state index contributed by atoms with van der Waals surface area (Å²) in [5.41, 5.74) is 5.25. The number of halogens is 3. The number of rotatable bonds is 2. The Labute approximate surface area is 106 Å². The minimum Gasteiger partial charge on any atom is -0.328 e. The number of benzene rings is 1. The van der Waals surface area contributed by atoms with E-state index in [4.69, 9.17) is 5.73 Å². The molecule has 0 spiro atoms. The standard InChI is InChI=1S/C12H12BrF2NO/c13-8-3-4-9(14)10(11(8)15)12(17)6-1-2-7(16)5-6/h3-4,6-7H,1-2,5,16H2. The maximum absolute atomic E-state index is 13.7. The molecule has 0 bridgehead atoms. The molecule has 0 aromatic heterocycles. The highest BCUT2D eigenvalue weighted by atomic mass is 79.9. The number of Topliss-reactive ketones (excluding diaryl/α,β-unsaturated/α-hetero) is 1. The average Bonchev–Trinajstić information content (AvgIpc) is 2.71. The third kappa shape index (κ3) is 2.40. The summed E-state index contributed by atoms with van der Waals surface area (Å²) in [4.78, 5) is 12.0. The van der Waals surface area contributed by atoms with Crippen molar-refractivity contribution in [2.75, 3.05) is 0 Å². The van der Waals surface area contributed by atoms with E-state index in [1.54, 1.807) is 0 Å². The lowest BCUT2D eigenvalue weighted by molar-refractivity contribution is 0.0913. The van der Waals surface area contributed by atoms with Crippen LogP contribution in [0.4, 0.5) is 8.78 Å². The van der Waals surface area contributed by atoms with Gasteiger partial charge >= 0.3 is 0 Å². The second-order valence-electron chi connectivity index (χ2n) is 4.35. The van der Waals surface area contributed by atoms with E-state index in [2.05, 4.69) is 15.9 Å². The zero-order chi connectivity index (χ0) is 12.6. The Kier molecular flexibility index (Phi) is 3.58. The summed E-state index contributed by atoms with van der Waals surface area (Å²) >= 11 is 2.95. The van der Waals surface area contributed by atoms with Gasteiger partial charge in [-0.15, -0.1) is 0 Å². The van der Waals surface area contributed by atoms with E-state index in [0.29, 0.717) is 12.8 Å². The Hall–Kier alpha value is -0.810. The summed E-state index contributed by atoms with van der Waals surface area (Å²) in [6, 6.07) is 2.30. The van der Waals surface area contributed by atoms with Crippen molar-refractivity contribution in [2.45, 2.75) is 25.3 Å². The summed E-state index contributed by atoms with van der Waals surface area (Å²) in [7, 11) is 0. The normalized spacial score (nSPS) is 24.0. The first-order chi connectivity index (χ1) is 8.00. The molecule has 5 heteroatoms. The molecule has 2 nitrogen and oxygen atoms in total. The first-order valence-corrected chi connectivity index (χ1v) is 6.23. The molecule has 1 aromatic carbocycles. The lowest BCUT2D eigenvalue weighted by Gasteiger charge is -2.10. The van der Waals surface area contributed by atoms with Crippen LogP contribution in [0.1, 0.15) is 29.6 Å². The first-order valence-electron chi connectivity index (χ1n) is 5.44. The molecule has 92 valence electrons. The molecule has 1 aromatic rings. The molecule has 2 unspecified atom stereocenters. The van der Waals surface area contributed by atoms with Gasteiger partial charge in [0.25, 0.3) is 0 Å². The topological polar surface area (TPSA) is 43.1 Å². The largest absolute Gasteiger partial charge is 0.328 e. The van der Waals surface area contributed by atoms with Crippen LogP contribution in [0.15, 0.2) is 16.6 Å². The van der Waals surface area contributed by atoms with Crippen molar-refractivity contribution in [2.24, 2.45) is 11.7 Å². The van der Waals surface area contributed by atoms with E-state index in [1.807, 2.05) is 0 Å². The van der Waals surface area contributed by atoms with Crippen LogP contribution in [-0.2, 0) is 0 Å². The third-order valence-electron chi connectivity index (χ3n) is 3.13. The van der Waals surface area contributed by atoms with E-state index in [9.17, 15) is 13.6 Å². The van der Waals surface area contributed by atoms with Gasteiger partial charge in [-0.3, -0.25) is 4.79 Å². The summed E-state index contributed by atoms with van der Waals surface area (Å²) in [5.74, 6) is -2.47. The average molecular weight is 304 g/mol. The van der Waals surface area contributed by atoms with Crippen LogP contribution >= 0.6 is 15.9 Å². The SMILES string of the molecule is NC1CCC(C(=O)c2c(F)ccc(Br)c2F)C1. The van der Waals surface area contributed by atoms with Crippen molar-refractivity contribution in [3.05, 3.63) is 33.8 Å². The fourth-order valence-corrected chi connectivity index (χ4v) is 2.54. The van der Waals surface area contributed by atoms with Gasteiger partial charge < -0.3 is 5.73 Å². The highest BCUT2D eigenvalue weighted by Crippen LogP contribution is 2.31. The molecule has 1 saturated carbocycles. The Balaban J connectivity index is 2.34. The summed E-state index contributed by atoms with van der Waals surface area (Å²) in [6.07, 6.45) is 1.84. The molecule has 0 saturated heterocycles. The predicted octanol–water partition coefficient (Wildman–Crippen LogP) is 3.04. The number of ketones is 1. The summed E-state index contributed by atoms with van der Waals surface area (Å²) < 4.78 is 27.3. The van der Waals surface area contributed by atoms with Gasteiger partial charge in [0, 0.05) is 12.0 Å². The first kappa shape index (κ1) is 12.6. The summed E-state index contributed by atoms with van der Waals surface area (Å²) in [6.45, 7) is 0. The van der Waals surface area contributed by atoms with Crippen molar-refractivity contribution in [3.63, 3.8) is 0 Å². The molecule has 17 heavy (non-hydrogen) atoms. The van der Waals surface area contributed by atoms with Gasteiger partial charge in [-0.2, -0.15) is 0 Å². The molecule has 0 amide bonds. The van der Waals surface area contributed by atoms with Gasteiger partial charge in [-0.05, 0) is 47.3 Å². The van der Waals surface area contributed by atoms with Crippen molar-refractivity contribution in [1.82, 2.24) is 0 Å². The fraction of sp³-hybridized carbons (Fsp3) is 0.417. The third-order valence-corrected chi connectivity index (χ3v) is 3.75. The molecule has 1 aliphatic carbocycles. The molecule has 2 rings (SSSR count). The van der Waals surface area contributed by atoms with E-state index in [0.717, 1.165) is 12.5 Å². The highest BCUT2D eigenvalue weighted by molar-refractivity contribution is 9.10. The lowest BCUT2D eigenvalue weighted by Crippen LogP contribution is -2.19. The molecular formula is C12H12BrF2NO. The molecule has 1 fully saturated rings. The second-order valence-corrected chi connectivity index (χ2v) is 5.21. The second kappa shape index (κ2) is 4.82. The van der Waals surface area contributed by atoms with Gasteiger partial charge in [-0.1, -0.05) is 0 Å². The smallest absolute Gasteiger partial charge is 0.171 e. The van der Waals surface area contributed by atoms with Gasteiger partial charge in [-0.25, -0.2) is 8.78 Å². The van der Waals surface area contributed by atoms with Gasteiger partial charge in [0.1, 0.15) is 5.82 Å². The van der Waals surface area contributed by atoms with Crippen molar-refractivity contribution >= 4 is 21.7 Å². The van der Waals surface area contributed by atoms with Crippen LogP contribution in [0, 0.1) is 17.6 Å². The van der Waals surface area contributed by atoms with Gasteiger partial charge in [0.15, 0.2) is 11.6 Å². The predicted molar refractivity (Wildman–Crippen MR) is 63.7 cm³/mol. The molecule has 0 heterocycles. The van der Waals surface area contributed by atoms with Crippen LogP contribution in [0.5, 0.6) is 0 Å². The Morgan fingerprint density at radius 1 is 1.35 bits per heavy atom. The Morgan fingerprint density at radius 3 is 2.65 bits per heavy atom. The fourth-order valence-electron chi connectivity index (χ4n) is 2.21. The van der Waals surface area contributed by atoms with Crippen molar-refractivity contribution in [1.29, 1.82) is 0 Å². The minimum absolute atomic E-state index is 0.0396.